The second-order valence-corrected chi connectivity index (χ2v) is 4.09. The summed E-state index contributed by atoms with van der Waals surface area (Å²) in [5, 5.41) is 11.0. The summed E-state index contributed by atoms with van der Waals surface area (Å²) < 4.78 is 0. The summed E-state index contributed by atoms with van der Waals surface area (Å²) in [6.07, 6.45) is 0. The van der Waals surface area contributed by atoms with Crippen LogP contribution in [0.25, 0.3) is 0 Å². The van der Waals surface area contributed by atoms with Gasteiger partial charge in [-0.05, 0) is 6.07 Å². The van der Waals surface area contributed by atoms with Gasteiger partial charge in [-0.15, -0.1) is 0 Å². The average Bonchev–Trinajstić information content (AvgIpc) is 2.30. The van der Waals surface area contributed by atoms with Crippen LogP contribution in [-0.4, -0.2) is 12.0 Å². The molecule has 68 valence electrons. The Balaban J connectivity index is 2.92. The second-order valence-electron chi connectivity index (χ2n) is 4.09. The fourth-order valence-corrected chi connectivity index (χ4v) is 1.04. The van der Waals surface area contributed by atoms with Crippen molar-refractivity contribution < 1.29 is 5.06 Å². The number of aromatic nitrogens is 1. The van der Waals surface area contributed by atoms with Gasteiger partial charge in [0.1, 0.15) is 0 Å². The maximum absolute atomic E-state index is 11.0. The molecule has 1 rings (SSSR count). The first-order valence-electron chi connectivity index (χ1n) is 4.11. The average molecular weight is 168 g/mol. The molecule has 0 aliphatic heterocycles. The molecule has 0 radical (unpaired) electrons. The molecule has 1 aromatic heterocycles. The van der Waals surface area contributed by atoms with Crippen LogP contribution in [-0.2, 0) is 5.41 Å². The molecule has 1 atom stereocenters. The van der Waals surface area contributed by atoms with Crippen LogP contribution in [0.5, 0.6) is 0 Å². The maximum atomic E-state index is 11.0. The van der Waals surface area contributed by atoms with Gasteiger partial charge in [0.15, 0.2) is 0 Å². The van der Waals surface area contributed by atoms with Gasteiger partial charge < -0.3 is 15.3 Å². The van der Waals surface area contributed by atoms with E-state index in [1.165, 1.54) is 0 Å². The second kappa shape index (κ2) is 2.92. The Bertz CT molecular complexity index is 258. The van der Waals surface area contributed by atoms with Crippen molar-refractivity contribution in [3.05, 3.63) is 23.0 Å². The lowest BCUT2D eigenvalue weighted by Crippen LogP contribution is -2.98. The van der Waals surface area contributed by atoms with Crippen molar-refractivity contribution in [1.82, 2.24) is 4.98 Å². The van der Waals surface area contributed by atoms with E-state index in [2.05, 4.69) is 25.8 Å². The van der Waals surface area contributed by atoms with Gasteiger partial charge in [0.2, 0.25) is 5.82 Å². The Morgan fingerprint density at radius 2 is 1.92 bits per heavy atom. The molecule has 0 amide bonds. The van der Waals surface area contributed by atoms with Gasteiger partial charge in [-0.2, -0.15) is 0 Å². The quantitative estimate of drug-likeness (QED) is 0.602. The third kappa shape index (κ3) is 1.87. The van der Waals surface area contributed by atoms with Crippen molar-refractivity contribution in [3.8, 4) is 0 Å². The largest absolute Gasteiger partial charge is 0.628 e. The van der Waals surface area contributed by atoms with Gasteiger partial charge >= 0.3 is 0 Å². The molecule has 0 bridgehead atoms. The van der Waals surface area contributed by atoms with Crippen LogP contribution >= 0.6 is 0 Å². The van der Waals surface area contributed by atoms with Crippen LogP contribution < -0.4 is 5.06 Å². The molecule has 3 heteroatoms. The minimum absolute atomic E-state index is 0.0884. The summed E-state index contributed by atoms with van der Waals surface area (Å²) >= 11 is 0. The summed E-state index contributed by atoms with van der Waals surface area (Å²) in [5.41, 5.74) is 1.20. The van der Waals surface area contributed by atoms with Crippen LogP contribution in [0, 0.1) is 5.21 Å². The lowest BCUT2D eigenvalue weighted by molar-refractivity contribution is -0.754. The van der Waals surface area contributed by atoms with Crippen molar-refractivity contribution >= 4 is 5.82 Å². The number of nitrogens with one attached hydrogen (secondary N) is 2. The zero-order valence-electron chi connectivity index (χ0n) is 8.06. The zero-order chi connectivity index (χ0) is 9.35. The number of hydroxylamine groups is 1. The Hall–Kier alpha value is -0.800. The van der Waals surface area contributed by atoms with Gasteiger partial charge in [0.05, 0.1) is 7.05 Å². The highest BCUT2D eigenvalue weighted by molar-refractivity contribution is 5.27. The molecule has 12 heavy (non-hydrogen) atoms. The molecule has 1 heterocycles. The molecule has 1 unspecified atom stereocenters. The molecule has 0 aliphatic rings. The summed E-state index contributed by atoms with van der Waals surface area (Å²) in [7, 11) is 1.57. The summed E-state index contributed by atoms with van der Waals surface area (Å²) in [6.45, 7) is 6.34. The number of rotatable bonds is 1. The molecule has 0 aliphatic carbocycles. The molecule has 0 saturated heterocycles. The highest BCUT2D eigenvalue weighted by atomic mass is 16.5. The van der Waals surface area contributed by atoms with E-state index in [1.54, 1.807) is 7.05 Å². The normalized spacial score (nSPS) is 14.8. The van der Waals surface area contributed by atoms with Gasteiger partial charge in [0.25, 0.3) is 0 Å². The molecule has 0 aromatic carbocycles. The lowest BCUT2D eigenvalue weighted by Gasteiger charge is -2.17. The third-order valence-electron chi connectivity index (χ3n) is 1.87. The Morgan fingerprint density at radius 1 is 1.33 bits per heavy atom. The summed E-state index contributed by atoms with van der Waals surface area (Å²) in [4.78, 5) is 3.10. The Morgan fingerprint density at radius 3 is 2.17 bits per heavy atom. The monoisotopic (exact) mass is 168 g/mol. The lowest BCUT2D eigenvalue weighted by atomic mass is 9.93. The molecular weight excluding hydrogens is 152 g/mol. The van der Waals surface area contributed by atoms with Crippen molar-refractivity contribution in [1.29, 1.82) is 0 Å². The first-order chi connectivity index (χ1) is 5.41. The van der Waals surface area contributed by atoms with Gasteiger partial charge in [-0.1, -0.05) is 20.8 Å². The first kappa shape index (κ1) is 9.29. The number of hydrogen-bond acceptors (Lipinski definition) is 1. The van der Waals surface area contributed by atoms with E-state index in [4.69, 9.17) is 0 Å². The standard InChI is InChI=1S/C9H16N2O/c1-9(2,3)7-5-6-8(10-7)11(4)12/h5-6,10-11H,1-4H3. The van der Waals surface area contributed by atoms with Crippen LogP contribution in [0.1, 0.15) is 26.5 Å². The highest BCUT2D eigenvalue weighted by Gasteiger charge is 2.16. The van der Waals surface area contributed by atoms with Crippen LogP contribution in [0.3, 0.4) is 0 Å². The van der Waals surface area contributed by atoms with E-state index in [1.807, 2.05) is 12.1 Å². The minimum Gasteiger partial charge on any atom is -0.628 e. The van der Waals surface area contributed by atoms with Crippen LogP contribution in [0.15, 0.2) is 12.1 Å². The number of aromatic amines is 1. The van der Waals surface area contributed by atoms with E-state index in [9.17, 15) is 5.21 Å². The smallest absolute Gasteiger partial charge is 0.203 e. The molecule has 0 spiro atoms. The van der Waals surface area contributed by atoms with Gasteiger partial charge in [-0.25, -0.2) is 0 Å². The fraction of sp³-hybridized carbons (Fsp3) is 0.556. The molecule has 0 saturated carbocycles. The fourth-order valence-electron chi connectivity index (χ4n) is 1.04. The number of quaternary nitrogens is 1. The summed E-state index contributed by atoms with van der Waals surface area (Å²) in [6, 6.07) is 3.81. The predicted molar refractivity (Wildman–Crippen MR) is 49.4 cm³/mol. The van der Waals surface area contributed by atoms with Crippen molar-refractivity contribution in [3.63, 3.8) is 0 Å². The van der Waals surface area contributed by atoms with Crippen molar-refractivity contribution in [2.24, 2.45) is 0 Å². The molecule has 3 nitrogen and oxygen atoms in total. The maximum Gasteiger partial charge on any atom is 0.203 e. The first-order valence-corrected chi connectivity index (χ1v) is 4.11. The van der Waals surface area contributed by atoms with Crippen LogP contribution in [0.2, 0.25) is 0 Å². The van der Waals surface area contributed by atoms with Crippen molar-refractivity contribution in [2.75, 3.05) is 7.05 Å². The zero-order valence-corrected chi connectivity index (χ0v) is 8.06. The predicted octanol–water partition coefficient (Wildman–Crippen LogP) is 0.956. The topological polar surface area (TPSA) is 43.3 Å². The number of H-pyrrole nitrogens is 1. The molecule has 0 fully saturated rings. The Kier molecular flexibility index (Phi) is 2.26. The SMILES string of the molecule is C[NH+]([O-])c1ccc(C(C)(C)C)[nH]1. The molecular formula is C9H16N2O. The van der Waals surface area contributed by atoms with E-state index in [-0.39, 0.29) is 10.5 Å². The molecule has 1 aromatic rings. The summed E-state index contributed by atoms with van der Waals surface area (Å²) in [5.74, 6) is 0.694. The Labute approximate surface area is 73.0 Å². The number of hydrogen-bond donors (Lipinski definition) is 2. The van der Waals surface area contributed by atoms with Crippen LogP contribution in [0.4, 0.5) is 5.82 Å². The highest BCUT2D eigenvalue weighted by Crippen LogP contribution is 2.21. The van der Waals surface area contributed by atoms with Crippen molar-refractivity contribution in [2.45, 2.75) is 26.2 Å². The van der Waals surface area contributed by atoms with E-state index < -0.39 is 0 Å². The van der Waals surface area contributed by atoms with E-state index in [0.717, 1.165) is 5.69 Å². The minimum atomic E-state index is 0.0884. The molecule has 2 N–H and O–H groups in total. The third-order valence-corrected chi connectivity index (χ3v) is 1.87. The van der Waals surface area contributed by atoms with Gasteiger partial charge in [-0.3, -0.25) is 0 Å². The van der Waals surface area contributed by atoms with Gasteiger partial charge in [0, 0.05) is 17.2 Å². The van der Waals surface area contributed by atoms with E-state index >= 15 is 0 Å². The van der Waals surface area contributed by atoms with E-state index in [0.29, 0.717) is 5.82 Å².